The van der Waals surface area contributed by atoms with Crippen molar-refractivity contribution in [3.63, 3.8) is 0 Å². The third-order valence-corrected chi connectivity index (χ3v) is 5.36. The summed E-state index contributed by atoms with van der Waals surface area (Å²) in [5, 5.41) is 11.7. The van der Waals surface area contributed by atoms with Crippen molar-refractivity contribution in [1.29, 1.82) is 0 Å². The van der Waals surface area contributed by atoms with Gasteiger partial charge >= 0.3 is 0 Å². The van der Waals surface area contributed by atoms with E-state index in [2.05, 4.69) is 4.98 Å². The highest BCUT2D eigenvalue weighted by molar-refractivity contribution is 6.31. The summed E-state index contributed by atoms with van der Waals surface area (Å²) in [7, 11) is 0. The van der Waals surface area contributed by atoms with Crippen molar-refractivity contribution < 1.29 is 14.7 Å². The van der Waals surface area contributed by atoms with Crippen LogP contribution in [-0.4, -0.2) is 28.3 Å². The molecule has 0 bridgehead atoms. The van der Waals surface area contributed by atoms with Crippen LogP contribution in [0.15, 0.2) is 72.9 Å². The first-order chi connectivity index (χ1) is 14.0. The van der Waals surface area contributed by atoms with Crippen molar-refractivity contribution in [1.82, 2.24) is 4.98 Å². The van der Waals surface area contributed by atoms with E-state index in [4.69, 9.17) is 11.6 Å². The SMILES string of the molecule is O=C(C[C@@]1(O)C(=O)N(CCc2ccccc2)c2ccc(Cl)cc21)c1ccccn1. The number of rotatable bonds is 6. The fourth-order valence-electron chi connectivity index (χ4n) is 3.65. The molecule has 1 aliphatic heterocycles. The summed E-state index contributed by atoms with van der Waals surface area (Å²) in [6, 6.07) is 19.7. The minimum absolute atomic E-state index is 0.208. The molecule has 2 heterocycles. The maximum Gasteiger partial charge on any atom is 0.264 e. The fourth-order valence-corrected chi connectivity index (χ4v) is 3.82. The third-order valence-electron chi connectivity index (χ3n) is 5.13. The lowest BCUT2D eigenvalue weighted by molar-refractivity contribution is -0.135. The molecule has 5 nitrogen and oxygen atoms in total. The van der Waals surface area contributed by atoms with Gasteiger partial charge in [-0.25, -0.2) is 0 Å². The molecule has 0 unspecified atom stereocenters. The van der Waals surface area contributed by atoms with Gasteiger partial charge in [0, 0.05) is 23.3 Å². The van der Waals surface area contributed by atoms with Gasteiger partial charge in [0.2, 0.25) is 0 Å². The number of benzene rings is 2. The molecule has 0 saturated heterocycles. The summed E-state index contributed by atoms with van der Waals surface area (Å²) >= 11 is 6.13. The molecular formula is C23H19ClN2O3. The maximum absolute atomic E-state index is 13.2. The van der Waals surface area contributed by atoms with E-state index in [1.165, 1.54) is 11.1 Å². The van der Waals surface area contributed by atoms with Crippen LogP contribution in [0.3, 0.4) is 0 Å². The van der Waals surface area contributed by atoms with Gasteiger partial charge in [-0.2, -0.15) is 0 Å². The van der Waals surface area contributed by atoms with E-state index in [1.807, 2.05) is 30.3 Å². The first-order valence-corrected chi connectivity index (χ1v) is 9.69. The number of Topliss-reactive ketones (excluding diaryl/α,β-unsaturated/α-hetero) is 1. The van der Waals surface area contributed by atoms with Crippen molar-refractivity contribution in [3.8, 4) is 0 Å². The second kappa shape index (κ2) is 7.78. The summed E-state index contributed by atoms with van der Waals surface area (Å²) in [6.45, 7) is 0.386. The average molecular weight is 407 g/mol. The van der Waals surface area contributed by atoms with Crippen LogP contribution in [0.5, 0.6) is 0 Å². The molecule has 0 spiro atoms. The maximum atomic E-state index is 13.2. The van der Waals surface area contributed by atoms with Crippen LogP contribution in [0.2, 0.25) is 5.02 Å². The zero-order valence-corrected chi connectivity index (χ0v) is 16.3. The van der Waals surface area contributed by atoms with Gasteiger partial charge in [-0.1, -0.05) is 48.0 Å². The van der Waals surface area contributed by atoms with Gasteiger partial charge in [0.1, 0.15) is 5.69 Å². The molecule has 1 atom stereocenters. The number of carbonyl (C=O) groups is 2. The van der Waals surface area contributed by atoms with E-state index in [0.717, 1.165) is 5.56 Å². The standard InChI is InChI=1S/C23H19ClN2O3/c24-17-9-10-20-18(14-17)23(29,15-21(27)19-8-4-5-12-25-19)22(28)26(20)13-11-16-6-2-1-3-7-16/h1-10,12,14,29H,11,13,15H2/t23-/m0/s1. The molecule has 0 radical (unpaired) electrons. The third kappa shape index (κ3) is 3.67. The van der Waals surface area contributed by atoms with Crippen LogP contribution in [-0.2, 0) is 16.8 Å². The normalized spacial score (nSPS) is 18.0. The quantitative estimate of drug-likeness (QED) is 0.632. The number of nitrogens with zero attached hydrogens (tertiary/aromatic N) is 2. The lowest BCUT2D eigenvalue weighted by atomic mass is 9.89. The highest BCUT2D eigenvalue weighted by Crippen LogP contribution is 2.44. The van der Waals surface area contributed by atoms with Crippen molar-refractivity contribution >= 4 is 29.0 Å². The predicted molar refractivity (Wildman–Crippen MR) is 111 cm³/mol. The molecule has 29 heavy (non-hydrogen) atoms. The number of halogens is 1. The molecule has 0 saturated carbocycles. The number of hydrogen-bond acceptors (Lipinski definition) is 4. The Balaban J connectivity index is 1.65. The first kappa shape index (κ1) is 19.3. The predicted octanol–water partition coefficient (Wildman–Crippen LogP) is 3.78. The highest BCUT2D eigenvalue weighted by Gasteiger charge is 2.51. The molecule has 3 aromatic rings. The highest BCUT2D eigenvalue weighted by atomic mass is 35.5. The fraction of sp³-hybridized carbons (Fsp3) is 0.174. The summed E-state index contributed by atoms with van der Waals surface area (Å²) < 4.78 is 0. The van der Waals surface area contributed by atoms with Crippen molar-refractivity contribution in [2.24, 2.45) is 0 Å². The van der Waals surface area contributed by atoms with Crippen molar-refractivity contribution in [2.45, 2.75) is 18.4 Å². The average Bonchev–Trinajstić information content (AvgIpc) is 2.94. The van der Waals surface area contributed by atoms with E-state index in [1.54, 1.807) is 36.4 Å². The minimum Gasteiger partial charge on any atom is -0.375 e. The Morgan fingerprint density at radius 2 is 1.83 bits per heavy atom. The second-order valence-electron chi connectivity index (χ2n) is 7.03. The molecule has 1 aromatic heterocycles. The molecule has 1 N–H and O–H groups in total. The van der Waals surface area contributed by atoms with Gasteiger partial charge in [0.05, 0.1) is 12.1 Å². The zero-order chi connectivity index (χ0) is 20.4. The Morgan fingerprint density at radius 3 is 2.55 bits per heavy atom. The monoisotopic (exact) mass is 406 g/mol. The topological polar surface area (TPSA) is 70.5 Å². The Kier molecular flexibility index (Phi) is 5.18. The number of fused-ring (bicyclic) bond motifs is 1. The number of hydrogen-bond donors (Lipinski definition) is 1. The molecule has 0 fully saturated rings. The number of aromatic nitrogens is 1. The molecule has 2 aromatic carbocycles. The van der Waals surface area contributed by atoms with Crippen LogP contribution < -0.4 is 4.90 Å². The molecule has 1 amide bonds. The Bertz CT molecular complexity index is 1060. The molecule has 4 rings (SSSR count). The van der Waals surface area contributed by atoms with E-state index in [0.29, 0.717) is 29.2 Å². The van der Waals surface area contributed by atoms with Crippen LogP contribution >= 0.6 is 11.6 Å². The minimum atomic E-state index is -1.97. The van der Waals surface area contributed by atoms with Gasteiger partial charge in [0.15, 0.2) is 11.4 Å². The first-order valence-electron chi connectivity index (χ1n) is 9.31. The van der Waals surface area contributed by atoms with E-state index in [-0.39, 0.29) is 5.69 Å². The second-order valence-corrected chi connectivity index (χ2v) is 7.47. The Hall–Kier alpha value is -3.02. The summed E-state index contributed by atoms with van der Waals surface area (Å²) in [5.74, 6) is -0.924. The van der Waals surface area contributed by atoms with Crippen LogP contribution in [0.25, 0.3) is 0 Å². The summed E-state index contributed by atoms with van der Waals surface area (Å²) in [4.78, 5) is 31.5. The lowest BCUT2D eigenvalue weighted by Gasteiger charge is -2.22. The van der Waals surface area contributed by atoms with E-state index >= 15 is 0 Å². The molecule has 6 heteroatoms. The molecule has 1 aliphatic rings. The number of amides is 1. The molecule has 146 valence electrons. The number of pyridine rings is 1. The number of anilines is 1. The van der Waals surface area contributed by atoms with Gasteiger partial charge in [-0.3, -0.25) is 14.6 Å². The van der Waals surface area contributed by atoms with Crippen molar-refractivity contribution in [3.05, 3.63) is 94.8 Å². The summed E-state index contributed by atoms with van der Waals surface area (Å²) in [5.41, 5.74) is 0.251. The van der Waals surface area contributed by atoms with Gasteiger partial charge in [-0.05, 0) is 42.3 Å². The van der Waals surface area contributed by atoms with Gasteiger partial charge < -0.3 is 10.0 Å². The van der Waals surface area contributed by atoms with E-state index < -0.39 is 23.7 Å². The summed E-state index contributed by atoms with van der Waals surface area (Å²) in [6.07, 6.45) is 1.74. The van der Waals surface area contributed by atoms with Gasteiger partial charge in [0.25, 0.3) is 5.91 Å². The molecule has 0 aliphatic carbocycles. The smallest absolute Gasteiger partial charge is 0.264 e. The van der Waals surface area contributed by atoms with E-state index in [9.17, 15) is 14.7 Å². The Morgan fingerprint density at radius 1 is 1.07 bits per heavy atom. The van der Waals surface area contributed by atoms with Crippen molar-refractivity contribution in [2.75, 3.05) is 11.4 Å². The van der Waals surface area contributed by atoms with Crippen LogP contribution in [0, 0.1) is 0 Å². The number of aliphatic hydroxyl groups is 1. The van der Waals surface area contributed by atoms with Crippen LogP contribution in [0.1, 0.15) is 28.0 Å². The number of carbonyl (C=O) groups excluding carboxylic acids is 2. The van der Waals surface area contributed by atoms with Gasteiger partial charge in [-0.15, -0.1) is 0 Å². The molecular weight excluding hydrogens is 388 g/mol. The zero-order valence-electron chi connectivity index (χ0n) is 15.6. The largest absolute Gasteiger partial charge is 0.375 e. The number of ketones is 1. The lowest BCUT2D eigenvalue weighted by Crippen LogP contribution is -2.42. The Labute approximate surface area is 173 Å². The van der Waals surface area contributed by atoms with Crippen LogP contribution in [0.4, 0.5) is 5.69 Å².